The normalized spacial score (nSPS) is 20.9. The van der Waals surface area contributed by atoms with E-state index in [2.05, 4.69) is 25.5 Å². The van der Waals surface area contributed by atoms with Crippen LogP contribution < -0.4 is 20.4 Å². The summed E-state index contributed by atoms with van der Waals surface area (Å²) in [5, 5.41) is 5.40. The van der Waals surface area contributed by atoms with Gasteiger partial charge in [0.15, 0.2) is 23.3 Å². The molecular weight excluding hydrogens is 997 g/mol. The van der Waals surface area contributed by atoms with E-state index >= 15 is 8.78 Å². The number of ether oxygens (including phenoxy) is 2. The molecule has 6 atom stereocenters. The maximum atomic E-state index is 16.8. The summed E-state index contributed by atoms with van der Waals surface area (Å²) < 4.78 is 71.2. The van der Waals surface area contributed by atoms with Crippen molar-refractivity contribution in [1.29, 1.82) is 0 Å². The van der Waals surface area contributed by atoms with Crippen molar-refractivity contribution in [3.05, 3.63) is 118 Å². The van der Waals surface area contributed by atoms with Gasteiger partial charge in [-0.25, -0.2) is 37.1 Å². The number of halogens is 4. The van der Waals surface area contributed by atoms with E-state index in [1.807, 2.05) is 64.1 Å². The third kappa shape index (κ3) is 10.5. The maximum Gasteiger partial charge on any atom is 0.407 e. The highest BCUT2D eigenvalue weighted by molar-refractivity contribution is 5.88. The average Bonchev–Trinajstić information content (AvgIpc) is 4.31. The number of nitrogens with one attached hydrogen (secondary N) is 4. The zero-order valence-electron chi connectivity index (χ0n) is 44.2. The number of H-pyrrole nitrogens is 2. The van der Waals surface area contributed by atoms with Gasteiger partial charge in [0.05, 0.1) is 60.5 Å². The van der Waals surface area contributed by atoms with Crippen LogP contribution in [0.25, 0.3) is 22.1 Å². The Labute approximate surface area is 444 Å². The molecule has 20 heteroatoms. The number of piperidine rings is 1. The number of carbonyl (C=O) groups is 4. The van der Waals surface area contributed by atoms with Crippen molar-refractivity contribution in [2.45, 2.75) is 121 Å². The van der Waals surface area contributed by atoms with Gasteiger partial charge in [-0.2, -0.15) is 0 Å². The first kappa shape index (κ1) is 53.0. The lowest BCUT2D eigenvalue weighted by molar-refractivity contribution is -0.136. The number of aromatic amines is 2. The zero-order chi connectivity index (χ0) is 54.4. The number of hydrogen-bond donors (Lipinski definition) is 4. The Morgan fingerprint density at radius 2 is 1.03 bits per heavy atom. The molecule has 0 bridgehead atoms. The minimum Gasteiger partial charge on any atom is -0.453 e. The largest absolute Gasteiger partial charge is 0.453 e. The van der Waals surface area contributed by atoms with Gasteiger partial charge in [0, 0.05) is 31.9 Å². The van der Waals surface area contributed by atoms with Gasteiger partial charge in [0.25, 0.3) is 0 Å². The van der Waals surface area contributed by atoms with Gasteiger partial charge in [-0.15, -0.1) is 0 Å². The molecule has 0 aliphatic carbocycles. The molecule has 4 aliphatic heterocycles. The lowest BCUT2D eigenvalue weighted by Gasteiger charge is -2.36. The van der Waals surface area contributed by atoms with Crippen LogP contribution in [-0.2, 0) is 19.1 Å². The zero-order valence-corrected chi connectivity index (χ0v) is 44.2. The molecule has 4 aliphatic rings. The number of fused-ring (bicyclic) bond motifs is 2. The molecular formula is C57H66F4N10O6. The van der Waals surface area contributed by atoms with E-state index in [0.717, 1.165) is 41.1 Å². The third-order valence-electron chi connectivity index (χ3n) is 16.2. The lowest BCUT2D eigenvalue weighted by atomic mass is 9.89. The van der Waals surface area contributed by atoms with Crippen molar-refractivity contribution < 1.29 is 46.2 Å². The monoisotopic (exact) mass is 1060 g/mol. The van der Waals surface area contributed by atoms with Crippen LogP contribution in [-0.4, -0.2) is 106 Å². The second kappa shape index (κ2) is 21.9. The van der Waals surface area contributed by atoms with Crippen LogP contribution in [0, 0.1) is 35.1 Å². The van der Waals surface area contributed by atoms with Crippen LogP contribution in [0.2, 0.25) is 0 Å². The highest BCUT2D eigenvalue weighted by atomic mass is 19.2. The van der Waals surface area contributed by atoms with E-state index in [-0.39, 0.29) is 59.4 Å². The highest BCUT2D eigenvalue weighted by Gasteiger charge is 2.41. The Balaban J connectivity index is 0.964. The van der Waals surface area contributed by atoms with Crippen LogP contribution in [0.15, 0.2) is 66.7 Å². The first-order chi connectivity index (χ1) is 37.0. The Hall–Kier alpha value is -7.38. The van der Waals surface area contributed by atoms with Crippen LogP contribution in [0.1, 0.15) is 137 Å². The summed E-state index contributed by atoms with van der Waals surface area (Å²) in [6.07, 6.45) is 3.70. The molecule has 6 heterocycles. The number of benzene rings is 4. The summed E-state index contributed by atoms with van der Waals surface area (Å²) >= 11 is 0. The van der Waals surface area contributed by atoms with Crippen molar-refractivity contribution in [1.82, 2.24) is 40.4 Å². The minimum absolute atomic E-state index is 0.0944. The van der Waals surface area contributed by atoms with Gasteiger partial charge in [-0.05, 0) is 134 Å². The number of rotatable bonds is 13. The molecule has 4 N–H and O–H groups in total. The topological polar surface area (TPSA) is 181 Å². The summed E-state index contributed by atoms with van der Waals surface area (Å²) in [5.74, 6) is -2.97. The van der Waals surface area contributed by atoms with E-state index in [1.54, 1.807) is 20.8 Å². The third-order valence-corrected chi connectivity index (χ3v) is 16.2. The number of methoxy groups -OCH3 is 2. The number of nitrogens with zero attached hydrogens (tertiary/aromatic N) is 6. The number of hydrogen-bond acceptors (Lipinski definition) is 10. The van der Waals surface area contributed by atoms with Crippen LogP contribution >= 0.6 is 0 Å². The summed E-state index contributed by atoms with van der Waals surface area (Å²) in [6, 6.07) is 15.5. The van der Waals surface area contributed by atoms with E-state index in [1.165, 1.54) is 32.4 Å². The fourth-order valence-electron chi connectivity index (χ4n) is 12.2. The molecule has 4 aromatic carbocycles. The molecule has 16 nitrogen and oxygen atoms in total. The number of aromatic nitrogens is 4. The van der Waals surface area contributed by atoms with E-state index in [4.69, 9.17) is 19.4 Å². The molecule has 0 radical (unpaired) electrons. The fraction of sp³-hybridized carbons (Fsp3) is 0.474. The predicted molar refractivity (Wildman–Crippen MR) is 282 cm³/mol. The maximum absolute atomic E-state index is 16.8. The first-order valence-electron chi connectivity index (χ1n) is 26.8. The number of imidazole rings is 2. The molecule has 77 heavy (non-hydrogen) atoms. The Kier molecular flexibility index (Phi) is 15.1. The van der Waals surface area contributed by atoms with Crippen LogP contribution in [0.3, 0.4) is 0 Å². The first-order valence-corrected chi connectivity index (χ1v) is 26.8. The molecule has 2 aromatic heterocycles. The molecule has 1 unspecified atom stereocenters. The quantitative estimate of drug-likeness (QED) is 0.0813. The van der Waals surface area contributed by atoms with Gasteiger partial charge >= 0.3 is 12.2 Å². The standard InChI is InChI=1S/C57H66F4N10O6/c1-30(2)49(66-56(74)76-5)54(72)69-21-7-9-47(69)52-62-41-15-12-34(26-43(41)64-52)45-17-18-46(71(45)36-28-39(60)51(40(61)29-36)68-23-19-32(20-24-68)33-11-14-37(58)38(59)25-33)35-13-16-42-44(27-35)65-53(63-42)48-10-8-22-70(48)55(73)50(31(3)4)67-57(75)77-6/h11-16,25-32,45-50H,7-10,17-24H2,1-6H3,(H,62,64)(H,63,65)(H,66,74)(H,67,75)/t45-,46-,47+,48+,49+,50?/m1/s1. The second-order valence-electron chi connectivity index (χ2n) is 21.6. The number of amides is 4. The number of carbonyl (C=O) groups excluding carboxylic acids is 4. The van der Waals surface area contributed by atoms with Gasteiger partial charge in [-0.3, -0.25) is 9.59 Å². The number of likely N-dealkylation sites (tertiary alicyclic amines) is 2. The van der Waals surface area contributed by atoms with Crippen molar-refractivity contribution in [2.24, 2.45) is 11.8 Å². The molecule has 6 aromatic rings. The lowest BCUT2D eigenvalue weighted by Crippen LogP contribution is -2.51. The van der Waals surface area contributed by atoms with Gasteiger partial charge in [0.2, 0.25) is 11.8 Å². The van der Waals surface area contributed by atoms with Crippen LogP contribution in [0.4, 0.5) is 38.5 Å². The molecule has 4 amide bonds. The average molecular weight is 1060 g/mol. The summed E-state index contributed by atoms with van der Waals surface area (Å²) in [4.78, 5) is 76.7. The number of anilines is 2. The second-order valence-corrected chi connectivity index (χ2v) is 21.6. The van der Waals surface area contributed by atoms with Gasteiger partial charge in [-0.1, -0.05) is 45.9 Å². The number of alkyl carbamates (subject to hydrolysis) is 2. The smallest absolute Gasteiger partial charge is 0.407 e. The van der Waals surface area contributed by atoms with Crippen LogP contribution in [0.5, 0.6) is 0 Å². The summed E-state index contributed by atoms with van der Waals surface area (Å²) in [5.41, 5.74) is 5.46. The van der Waals surface area contributed by atoms with Gasteiger partial charge < -0.3 is 49.7 Å². The van der Waals surface area contributed by atoms with Crippen molar-refractivity contribution in [3.8, 4) is 0 Å². The SMILES string of the molecule is COC(=O)NC(C(=O)N1CCC[C@H]1c1nc2cc([C@H]3CC[C@H](c4ccc5[nH]c([C@@H]6CCCN6C(=O)[C@@H](NC(=O)OC)C(C)C)nc5c4)N3c3cc(F)c(N4CCC(c5ccc(F)c(F)c5)CC4)c(F)c3)ccc2[nH]1)C(C)C. The predicted octanol–water partition coefficient (Wildman–Crippen LogP) is 10.6. The van der Waals surface area contributed by atoms with Crippen molar-refractivity contribution in [2.75, 3.05) is 50.2 Å². The van der Waals surface area contributed by atoms with E-state index in [9.17, 15) is 28.0 Å². The Morgan fingerprint density at radius 1 is 0.558 bits per heavy atom. The van der Waals surface area contributed by atoms with Crippen molar-refractivity contribution >= 4 is 57.4 Å². The van der Waals surface area contributed by atoms with E-state index < -0.39 is 47.5 Å². The molecule has 408 valence electrons. The summed E-state index contributed by atoms with van der Waals surface area (Å²) in [6.45, 7) is 9.09. The minimum atomic E-state index is -0.924. The molecule has 0 spiro atoms. The summed E-state index contributed by atoms with van der Waals surface area (Å²) in [7, 11) is 2.52. The Bertz CT molecular complexity index is 3020. The highest BCUT2D eigenvalue weighted by Crippen LogP contribution is 2.49. The molecule has 4 fully saturated rings. The molecule has 0 saturated carbocycles. The fourth-order valence-corrected chi connectivity index (χ4v) is 12.2. The van der Waals surface area contributed by atoms with Gasteiger partial charge in [0.1, 0.15) is 29.4 Å². The van der Waals surface area contributed by atoms with Crippen molar-refractivity contribution in [3.63, 3.8) is 0 Å². The molecule has 10 rings (SSSR count). The Morgan fingerprint density at radius 3 is 1.47 bits per heavy atom. The van der Waals surface area contributed by atoms with E-state index in [0.29, 0.717) is 98.6 Å². The molecule has 4 saturated heterocycles.